The lowest BCUT2D eigenvalue weighted by molar-refractivity contribution is 0.0689. The second kappa shape index (κ2) is 3.67. The van der Waals surface area contributed by atoms with Gasteiger partial charge < -0.3 is 15.2 Å². The molecule has 0 amide bonds. The first-order valence-electron chi connectivity index (χ1n) is 4.46. The predicted octanol–water partition coefficient (Wildman–Crippen LogP) is 1.33. The molecule has 0 radical (unpaired) electrons. The number of ether oxygens (including phenoxy) is 1. The first-order valence-corrected chi connectivity index (χ1v) is 4.46. The standard InChI is InChI=1S/C10H11NO3/c12-10(13)7-2-1-3-9-8(7)6-14-5-4-11-9/h1-3,11H,4-6H2,(H,12,13). The van der Waals surface area contributed by atoms with Crippen LogP contribution in [0.5, 0.6) is 0 Å². The fourth-order valence-corrected chi connectivity index (χ4v) is 1.54. The van der Waals surface area contributed by atoms with Crippen LogP contribution in [0.4, 0.5) is 5.69 Å². The summed E-state index contributed by atoms with van der Waals surface area (Å²) in [7, 11) is 0. The molecule has 0 saturated carbocycles. The lowest BCUT2D eigenvalue weighted by Gasteiger charge is -2.08. The van der Waals surface area contributed by atoms with E-state index in [4.69, 9.17) is 9.84 Å². The third-order valence-corrected chi connectivity index (χ3v) is 2.21. The Hall–Kier alpha value is -1.55. The molecule has 0 atom stereocenters. The minimum absolute atomic E-state index is 0.317. The summed E-state index contributed by atoms with van der Waals surface area (Å²) in [6.45, 7) is 1.69. The van der Waals surface area contributed by atoms with Crippen molar-refractivity contribution in [2.75, 3.05) is 18.5 Å². The van der Waals surface area contributed by atoms with Crippen molar-refractivity contribution in [3.8, 4) is 0 Å². The Labute approximate surface area is 81.5 Å². The van der Waals surface area contributed by atoms with E-state index in [2.05, 4.69) is 5.32 Å². The largest absolute Gasteiger partial charge is 0.478 e. The summed E-state index contributed by atoms with van der Waals surface area (Å²) in [5, 5.41) is 12.1. The molecule has 1 aliphatic rings. The molecule has 14 heavy (non-hydrogen) atoms. The van der Waals surface area contributed by atoms with Crippen molar-refractivity contribution in [3.63, 3.8) is 0 Å². The highest BCUT2D eigenvalue weighted by atomic mass is 16.5. The van der Waals surface area contributed by atoms with Crippen LogP contribution in [0, 0.1) is 0 Å². The molecule has 0 bridgehead atoms. The predicted molar refractivity (Wildman–Crippen MR) is 51.5 cm³/mol. The van der Waals surface area contributed by atoms with Crippen LogP contribution in [-0.2, 0) is 11.3 Å². The van der Waals surface area contributed by atoms with E-state index in [0.29, 0.717) is 18.8 Å². The van der Waals surface area contributed by atoms with E-state index in [1.54, 1.807) is 12.1 Å². The average molecular weight is 193 g/mol. The maximum absolute atomic E-state index is 10.9. The molecule has 2 N–H and O–H groups in total. The van der Waals surface area contributed by atoms with Crippen molar-refractivity contribution >= 4 is 11.7 Å². The molecule has 1 heterocycles. The van der Waals surface area contributed by atoms with Gasteiger partial charge in [-0.05, 0) is 12.1 Å². The van der Waals surface area contributed by atoms with Gasteiger partial charge in [0.05, 0.1) is 18.8 Å². The van der Waals surface area contributed by atoms with Crippen molar-refractivity contribution < 1.29 is 14.6 Å². The molecule has 2 rings (SSSR count). The second-order valence-corrected chi connectivity index (χ2v) is 3.12. The highest BCUT2D eigenvalue weighted by Crippen LogP contribution is 2.22. The SMILES string of the molecule is O=C(O)c1cccc2c1COCCN2. The zero-order chi connectivity index (χ0) is 9.97. The summed E-state index contributed by atoms with van der Waals surface area (Å²) >= 11 is 0. The molecule has 0 aliphatic carbocycles. The highest BCUT2D eigenvalue weighted by Gasteiger charge is 2.15. The molecule has 0 fully saturated rings. The Bertz CT molecular complexity index is 362. The number of hydrogen-bond acceptors (Lipinski definition) is 3. The molecule has 1 aliphatic heterocycles. The molecule has 0 saturated heterocycles. The van der Waals surface area contributed by atoms with Crippen molar-refractivity contribution in [3.05, 3.63) is 29.3 Å². The Morgan fingerprint density at radius 2 is 2.36 bits per heavy atom. The summed E-state index contributed by atoms with van der Waals surface area (Å²) in [5.74, 6) is -0.908. The first-order chi connectivity index (χ1) is 6.79. The zero-order valence-electron chi connectivity index (χ0n) is 7.62. The van der Waals surface area contributed by atoms with Crippen molar-refractivity contribution in [1.82, 2.24) is 0 Å². The lowest BCUT2D eigenvalue weighted by atomic mass is 10.1. The Morgan fingerprint density at radius 1 is 1.50 bits per heavy atom. The third-order valence-electron chi connectivity index (χ3n) is 2.21. The van der Waals surface area contributed by atoms with Gasteiger partial charge in [0.2, 0.25) is 0 Å². The number of hydrogen-bond donors (Lipinski definition) is 2. The van der Waals surface area contributed by atoms with Gasteiger partial charge in [0, 0.05) is 17.8 Å². The molecule has 4 nitrogen and oxygen atoms in total. The monoisotopic (exact) mass is 193 g/mol. The third kappa shape index (κ3) is 1.56. The van der Waals surface area contributed by atoms with Crippen LogP contribution in [0.25, 0.3) is 0 Å². The number of fused-ring (bicyclic) bond motifs is 1. The van der Waals surface area contributed by atoms with Gasteiger partial charge in [-0.25, -0.2) is 4.79 Å². The number of aromatic carboxylic acids is 1. The van der Waals surface area contributed by atoms with E-state index in [-0.39, 0.29) is 0 Å². The van der Waals surface area contributed by atoms with Gasteiger partial charge in [-0.15, -0.1) is 0 Å². The summed E-state index contributed by atoms with van der Waals surface area (Å²) in [6, 6.07) is 5.20. The van der Waals surface area contributed by atoms with Crippen LogP contribution in [0.15, 0.2) is 18.2 Å². The number of rotatable bonds is 1. The first kappa shape index (κ1) is 9.02. The van der Waals surface area contributed by atoms with Crippen molar-refractivity contribution in [2.24, 2.45) is 0 Å². The van der Waals surface area contributed by atoms with Gasteiger partial charge in [-0.2, -0.15) is 0 Å². The normalized spacial score (nSPS) is 15.1. The number of anilines is 1. The summed E-state index contributed by atoms with van der Waals surface area (Å²) in [5.41, 5.74) is 1.91. The van der Waals surface area contributed by atoms with Gasteiger partial charge in [0.1, 0.15) is 0 Å². The molecule has 74 valence electrons. The zero-order valence-corrected chi connectivity index (χ0v) is 7.62. The molecule has 0 spiro atoms. The second-order valence-electron chi connectivity index (χ2n) is 3.12. The van der Waals surface area contributed by atoms with Crippen molar-refractivity contribution in [1.29, 1.82) is 0 Å². The maximum Gasteiger partial charge on any atom is 0.336 e. The average Bonchev–Trinajstić information content (AvgIpc) is 2.41. The van der Waals surface area contributed by atoms with Crippen LogP contribution in [-0.4, -0.2) is 24.2 Å². The summed E-state index contributed by atoms with van der Waals surface area (Å²) < 4.78 is 5.29. The molecule has 0 aromatic heterocycles. The number of carbonyl (C=O) groups is 1. The summed E-state index contributed by atoms with van der Waals surface area (Å²) in [6.07, 6.45) is 0. The molecule has 1 aromatic rings. The number of nitrogens with one attached hydrogen (secondary N) is 1. The minimum Gasteiger partial charge on any atom is -0.478 e. The van der Waals surface area contributed by atoms with E-state index >= 15 is 0 Å². The fourth-order valence-electron chi connectivity index (χ4n) is 1.54. The Kier molecular flexibility index (Phi) is 2.37. The molecule has 1 aromatic carbocycles. The molecular weight excluding hydrogens is 182 g/mol. The lowest BCUT2D eigenvalue weighted by Crippen LogP contribution is -2.06. The molecule has 4 heteroatoms. The van der Waals surface area contributed by atoms with Crippen molar-refractivity contribution in [2.45, 2.75) is 6.61 Å². The van der Waals surface area contributed by atoms with Gasteiger partial charge >= 0.3 is 5.97 Å². The number of carboxylic acids is 1. The fraction of sp³-hybridized carbons (Fsp3) is 0.300. The van der Waals surface area contributed by atoms with E-state index in [0.717, 1.165) is 17.8 Å². The molecule has 0 unspecified atom stereocenters. The van der Waals surface area contributed by atoms with E-state index < -0.39 is 5.97 Å². The Balaban J connectivity index is 2.47. The van der Waals surface area contributed by atoms with E-state index in [9.17, 15) is 4.79 Å². The van der Waals surface area contributed by atoms with Gasteiger partial charge in [-0.1, -0.05) is 6.07 Å². The minimum atomic E-state index is -0.908. The van der Waals surface area contributed by atoms with Gasteiger partial charge in [0.15, 0.2) is 0 Å². The number of carboxylic acid groups (broad SMARTS) is 1. The van der Waals surface area contributed by atoms with Crippen LogP contribution < -0.4 is 5.32 Å². The number of benzene rings is 1. The smallest absolute Gasteiger partial charge is 0.336 e. The Morgan fingerprint density at radius 3 is 3.14 bits per heavy atom. The summed E-state index contributed by atoms with van der Waals surface area (Å²) in [4.78, 5) is 10.9. The van der Waals surface area contributed by atoms with Gasteiger partial charge in [-0.3, -0.25) is 0 Å². The highest BCUT2D eigenvalue weighted by molar-refractivity contribution is 5.91. The maximum atomic E-state index is 10.9. The van der Waals surface area contributed by atoms with E-state index in [1.165, 1.54) is 0 Å². The van der Waals surface area contributed by atoms with Crippen LogP contribution in [0.2, 0.25) is 0 Å². The quantitative estimate of drug-likeness (QED) is 0.706. The van der Waals surface area contributed by atoms with Gasteiger partial charge in [0.25, 0.3) is 0 Å². The van der Waals surface area contributed by atoms with Crippen LogP contribution in [0.1, 0.15) is 15.9 Å². The van der Waals surface area contributed by atoms with E-state index in [1.807, 2.05) is 6.07 Å². The topological polar surface area (TPSA) is 58.6 Å². The molecular formula is C10H11NO3. The van der Waals surface area contributed by atoms with Crippen LogP contribution >= 0.6 is 0 Å². The van der Waals surface area contributed by atoms with Crippen LogP contribution in [0.3, 0.4) is 0 Å².